The van der Waals surface area contributed by atoms with Crippen LogP contribution in [0.3, 0.4) is 0 Å². The second-order valence-electron chi connectivity index (χ2n) is 9.45. The summed E-state index contributed by atoms with van der Waals surface area (Å²) < 4.78 is 22.3. The molecule has 0 radical (unpaired) electrons. The zero-order valence-corrected chi connectivity index (χ0v) is 22.7. The minimum absolute atomic E-state index is 0.104. The van der Waals surface area contributed by atoms with E-state index in [0.717, 1.165) is 17.1 Å². The number of para-hydroxylation sites is 2. The van der Waals surface area contributed by atoms with E-state index in [1.807, 2.05) is 94.5 Å². The average molecular weight is 564 g/mol. The van der Waals surface area contributed by atoms with Crippen molar-refractivity contribution in [2.75, 3.05) is 16.8 Å². The molecule has 1 amide bonds. The third-order valence-corrected chi connectivity index (χ3v) is 7.15. The first-order valence-electron chi connectivity index (χ1n) is 13.1. The van der Waals surface area contributed by atoms with Crippen molar-refractivity contribution in [3.63, 3.8) is 0 Å². The van der Waals surface area contributed by atoms with E-state index >= 15 is 0 Å². The molecule has 1 aliphatic heterocycles. The number of nitrogens with one attached hydrogen (secondary N) is 2. The molecule has 2 aromatic heterocycles. The molecule has 3 heterocycles. The van der Waals surface area contributed by atoms with Crippen LogP contribution in [0.25, 0.3) is 5.69 Å². The van der Waals surface area contributed by atoms with Crippen LogP contribution < -0.4 is 20.3 Å². The Morgan fingerprint density at radius 2 is 1.68 bits per heavy atom. The van der Waals surface area contributed by atoms with E-state index < -0.39 is 0 Å². The van der Waals surface area contributed by atoms with E-state index in [4.69, 9.17) is 17.0 Å². The molecule has 204 valence electrons. The molecule has 2 atom stereocenters. The fraction of sp³-hybridized carbons (Fsp3) is 0.0938. The maximum Gasteiger partial charge on any atom is 0.262 e. The van der Waals surface area contributed by atoms with Gasteiger partial charge in [-0.05, 0) is 85.0 Å². The minimum Gasteiger partial charge on any atom is -0.484 e. The molecule has 3 aromatic carbocycles. The van der Waals surface area contributed by atoms with Crippen LogP contribution >= 0.6 is 12.2 Å². The van der Waals surface area contributed by atoms with Gasteiger partial charge in [0.2, 0.25) is 0 Å². The molecule has 0 bridgehead atoms. The van der Waals surface area contributed by atoms with Crippen molar-refractivity contribution in [3.05, 3.63) is 139 Å². The van der Waals surface area contributed by atoms with Crippen LogP contribution in [0.2, 0.25) is 0 Å². The minimum atomic E-state index is -0.341. The number of ether oxygens (including phenoxy) is 1. The number of carbonyl (C=O) groups is 1. The highest BCUT2D eigenvalue weighted by Gasteiger charge is 2.42. The first-order valence-corrected chi connectivity index (χ1v) is 13.5. The Bertz CT molecular complexity index is 1660. The van der Waals surface area contributed by atoms with Gasteiger partial charge < -0.3 is 24.8 Å². The number of pyridine rings is 1. The van der Waals surface area contributed by atoms with Crippen LogP contribution in [0, 0.1) is 5.82 Å². The largest absolute Gasteiger partial charge is 0.484 e. The summed E-state index contributed by atoms with van der Waals surface area (Å²) in [6.07, 6.45) is 3.59. The lowest BCUT2D eigenvalue weighted by atomic mass is 10.0. The lowest BCUT2D eigenvalue weighted by Crippen LogP contribution is -2.30. The van der Waals surface area contributed by atoms with Gasteiger partial charge in [0, 0.05) is 29.5 Å². The van der Waals surface area contributed by atoms with Crippen molar-refractivity contribution in [1.29, 1.82) is 0 Å². The van der Waals surface area contributed by atoms with Crippen LogP contribution in [0.4, 0.5) is 15.8 Å². The van der Waals surface area contributed by atoms with Crippen molar-refractivity contribution < 1.29 is 13.9 Å². The van der Waals surface area contributed by atoms with Crippen LogP contribution in [-0.2, 0) is 4.79 Å². The summed E-state index contributed by atoms with van der Waals surface area (Å²) in [6.45, 7) is -0.104. The van der Waals surface area contributed by atoms with Gasteiger partial charge in [0.1, 0.15) is 17.6 Å². The Morgan fingerprint density at radius 3 is 2.44 bits per heavy atom. The number of nitrogens with zero attached hydrogens (tertiary/aromatic N) is 3. The number of aromatic nitrogens is 2. The van der Waals surface area contributed by atoms with Crippen molar-refractivity contribution in [2.45, 2.75) is 12.1 Å². The van der Waals surface area contributed by atoms with E-state index in [9.17, 15) is 9.18 Å². The quantitative estimate of drug-likeness (QED) is 0.219. The van der Waals surface area contributed by atoms with E-state index in [0.29, 0.717) is 22.2 Å². The van der Waals surface area contributed by atoms with Gasteiger partial charge in [0.15, 0.2) is 11.7 Å². The highest BCUT2D eigenvalue weighted by molar-refractivity contribution is 7.80. The van der Waals surface area contributed by atoms with E-state index in [1.54, 1.807) is 30.5 Å². The second kappa shape index (κ2) is 11.6. The standard InChI is InChI=1S/C32H26FN5O2S/c33-25-11-4-5-13-27(25)37-20-8-14-28(37)31-30(26-12-6-7-19-34-26)36-32(41)38(31)23-17-15-22(16-18-23)35-29(39)21-40-24-9-2-1-3-10-24/h1-20,30-31H,21H2,(H,35,39)(H,36,41)/t30-,31+/m0/s1. The molecule has 5 aromatic rings. The maximum absolute atomic E-state index is 14.9. The number of anilines is 2. The molecule has 1 saturated heterocycles. The molecule has 41 heavy (non-hydrogen) atoms. The summed E-state index contributed by atoms with van der Waals surface area (Å²) in [4.78, 5) is 19.1. The number of thiocarbonyl (C=S) groups is 1. The molecule has 1 fully saturated rings. The van der Waals surface area contributed by atoms with Crippen molar-refractivity contribution in [3.8, 4) is 11.4 Å². The van der Waals surface area contributed by atoms with E-state index in [1.165, 1.54) is 6.07 Å². The summed E-state index contributed by atoms with van der Waals surface area (Å²) in [5.74, 6) is 0.0354. The summed E-state index contributed by atoms with van der Waals surface area (Å²) >= 11 is 5.84. The molecule has 0 unspecified atom stereocenters. The maximum atomic E-state index is 14.9. The zero-order valence-electron chi connectivity index (χ0n) is 21.9. The third kappa shape index (κ3) is 5.53. The van der Waals surface area contributed by atoms with Gasteiger partial charge in [-0.1, -0.05) is 36.4 Å². The fourth-order valence-corrected chi connectivity index (χ4v) is 5.35. The molecule has 6 rings (SSSR count). The number of hydrogen-bond acceptors (Lipinski definition) is 4. The monoisotopic (exact) mass is 563 g/mol. The second-order valence-corrected chi connectivity index (χ2v) is 9.83. The van der Waals surface area contributed by atoms with Gasteiger partial charge in [0.25, 0.3) is 5.91 Å². The Kier molecular flexibility index (Phi) is 7.42. The predicted molar refractivity (Wildman–Crippen MR) is 161 cm³/mol. The highest BCUT2D eigenvalue weighted by Crippen LogP contribution is 2.42. The Balaban J connectivity index is 1.29. The summed E-state index contributed by atoms with van der Waals surface area (Å²) in [6, 6.07) is 32.3. The van der Waals surface area contributed by atoms with Crippen molar-refractivity contribution in [2.24, 2.45) is 0 Å². The summed E-state index contributed by atoms with van der Waals surface area (Å²) in [7, 11) is 0. The molecular formula is C32H26FN5O2S. The number of benzene rings is 3. The summed E-state index contributed by atoms with van der Waals surface area (Å²) in [5.41, 5.74) is 3.53. The van der Waals surface area contributed by atoms with Gasteiger partial charge in [0.05, 0.1) is 17.4 Å². The van der Waals surface area contributed by atoms with Gasteiger partial charge in [-0.3, -0.25) is 9.78 Å². The predicted octanol–water partition coefficient (Wildman–Crippen LogP) is 6.21. The van der Waals surface area contributed by atoms with Crippen molar-refractivity contribution in [1.82, 2.24) is 14.9 Å². The first kappa shape index (κ1) is 26.2. The topological polar surface area (TPSA) is 71.4 Å². The number of amides is 1. The molecule has 9 heteroatoms. The molecule has 1 aliphatic rings. The third-order valence-electron chi connectivity index (χ3n) is 6.84. The van der Waals surface area contributed by atoms with Gasteiger partial charge >= 0.3 is 0 Å². The van der Waals surface area contributed by atoms with Crippen LogP contribution in [0.1, 0.15) is 23.5 Å². The SMILES string of the molecule is O=C(COc1ccccc1)Nc1ccc(N2C(=S)N[C@@H](c3ccccn3)[C@H]2c2cccn2-c2ccccc2F)cc1. The number of hydrogen-bond donors (Lipinski definition) is 2. The average Bonchev–Trinajstić information content (AvgIpc) is 3.62. The molecule has 0 spiro atoms. The van der Waals surface area contributed by atoms with E-state index in [-0.39, 0.29) is 30.4 Å². The molecule has 7 nitrogen and oxygen atoms in total. The first-order chi connectivity index (χ1) is 20.1. The Labute approximate surface area is 242 Å². The Hall–Kier alpha value is -5.02. The van der Waals surface area contributed by atoms with E-state index in [2.05, 4.69) is 15.6 Å². The van der Waals surface area contributed by atoms with Gasteiger partial charge in [-0.15, -0.1) is 0 Å². The molecule has 0 saturated carbocycles. The van der Waals surface area contributed by atoms with Gasteiger partial charge in [-0.25, -0.2) is 4.39 Å². The highest BCUT2D eigenvalue weighted by atomic mass is 32.1. The normalized spacial score (nSPS) is 16.3. The van der Waals surface area contributed by atoms with Gasteiger partial charge in [-0.2, -0.15) is 0 Å². The lowest BCUT2D eigenvalue weighted by Gasteiger charge is -2.29. The Morgan fingerprint density at radius 1 is 0.927 bits per heavy atom. The molecule has 0 aliphatic carbocycles. The lowest BCUT2D eigenvalue weighted by molar-refractivity contribution is -0.118. The van der Waals surface area contributed by atoms with Crippen LogP contribution in [0.15, 0.2) is 122 Å². The summed E-state index contributed by atoms with van der Waals surface area (Å²) in [5, 5.41) is 6.81. The zero-order chi connectivity index (χ0) is 28.2. The smallest absolute Gasteiger partial charge is 0.262 e. The van der Waals surface area contributed by atoms with Crippen LogP contribution in [0.5, 0.6) is 5.75 Å². The number of rotatable bonds is 8. The number of carbonyl (C=O) groups excluding carboxylic acids is 1. The molecular weight excluding hydrogens is 537 g/mol. The van der Waals surface area contributed by atoms with Crippen LogP contribution in [-0.4, -0.2) is 27.2 Å². The fourth-order valence-electron chi connectivity index (χ4n) is 5.00. The van der Waals surface area contributed by atoms with Crippen molar-refractivity contribution >= 4 is 34.6 Å². The number of halogens is 1. The molecule has 2 N–H and O–H groups in total.